The molecule has 210 valence electrons. The molecule has 0 unspecified atom stereocenters. The average molecular weight is 534 g/mol. The molecular weight excluding hydrogens is 494 g/mol. The lowest BCUT2D eigenvalue weighted by Crippen LogP contribution is -2.56. The highest BCUT2D eigenvalue weighted by molar-refractivity contribution is 6.01. The Bertz CT molecular complexity index is 1000. The van der Waals surface area contributed by atoms with Gasteiger partial charge >= 0.3 is 0 Å². The van der Waals surface area contributed by atoms with Crippen LogP contribution in [0.1, 0.15) is 51.4 Å². The van der Waals surface area contributed by atoms with Crippen LogP contribution >= 0.6 is 0 Å². The van der Waals surface area contributed by atoms with Gasteiger partial charge in [0.2, 0.25) is 23.6 Å². The van der Waals surface area contributed by atoms with Crippen LogP contribution < -0.4 is 31.3 Å². The Kier molecular flexibility index (Phi) is 12.0. The second kappa shape index (κ2) is 14.9. The molecule has 12 heteroatoms. The van der Waals surface area contributed by atoms with Gasteiger partial charge in [-0.05, 0) is 38.8 Å². The minimum Gasteiger partial charge on any atom is -0.491 e. The summed E-state index contributed by atoms with van der Waals surface area (Å²) in [5.74, 6) is -2.78. The summed E-state index contributed by atoms with van der Waals surface area (Å²) in [4.78, 5) is 64.5. The molecule has 0 bridgehead atoms. The number of rotatable bonds is 6. The van der Waals surface area contributed by atoms with E-state index in [1.165, 1.54) is 13.0 Å². The lowest BCUT2D eigenvalue weighted by Gasteiger charge is -2.25. The Balaban J connectivity index is 2.35. The number of carbonyl (C=O) groups excluding carboxylic acids is 5. The van der Waals surface area contributed by atoms with Crippen LogP contribution in [0.15, 0.2) is 24.3 Å². The lowest BCUT2D eigenvalue weighted by molar-refractivity contribution is -0.133. The van der Waals surface area contributed by atoms with Crippen LogP contribution in [0.2, 0.25) is 0 Å². The van der Waals surface area contributed by atoms with Crippen molar-refractivity contribution in [3.63, 3.8) is 0 Å². The monoisotopic (exact) mass is 533 g/mol. The second-order valence-electron chi connectivity index (χ2n) is 9.45. The van der Waals surface area contributed by atoms with E-state index >= 15 is 0 Å². The van der Waals surface area contributed by atoms with Gasteiger partial charge in [0.1, 0.15) is 30.5 Å². The Morgan fingerprint density at radius 2 is 1.76 bits per heavy atom. The topological polar surface area (TPSA) is 164 Å². The number of carbonyl (C=O) groups is 5. The molecule has 0 saturated heterocycles. The number of fused-ring (bicyclic) bond motifs is 1. The van der Waals surface area contributed by atoms with Crippen LogP contribution in [0.4, 0.5) is 0 Å². The molecule has 5 amide bonds. The van der Waals surface area contributed by atoms with Crippen LogP contribution in [-0.4, -0.2) is 80.1 Å². The number of nitrogens with one attached hydrogen (secondary N) is 5. The summed E-state index contributed by atoms with van der Waals surface area (Å²) in [5, 5.41) is 13.3. The first-order chi connectivity index (χ1) is 18.0. The first-order valence-electron chi connectivity index (χ1n) is 12.8. The minimum atomic E-state index is -1.23. The standard InChI is InChI=1S/C26H39N5O7/c1-6-37-12-11-27-25(35)19-13-21(32)29-17(5)23(33)31-22(15(2)3)26(36)28-16(4)14-38-20-10-8-7-9-18(20)24(34)30-19/h7-10,15-17,19,22H,6,11-14H2,1-5H3,(H,27,35)(H,28,36)(H,29,32)(H,30,34)(H,31,33)/t16-,17-,19-,22+/m0/s1. The van der Waals surface area contributed by atoms with Crippen molar-refractivity contribution in [2.24, 2.45) is 5.92 Å². The van der Waals surface area contributed by atoms with Crippen molar-refractivity contribution in [2.45, 2.75) is 65.2 Å². The highest BCUT2D eigenvalue weighted by Crippen LogP contribution is 2.19. The summed E-state index contributed by atoms with van der Waals surface area (Å²) in [6.45, 7) is 9.60. The molecule has 38 heavy (non-hydrogen) atoms. The van der Waals surface area contributed by atoms with Crippen LogP contribution in [0.5, 0.6) is 5.75 Å². The van der Waals surface area contributed by atoms with Crippen molar-refractivity contribution in [3.05, 3.63) is 29.8 Å². The lowest BCUT2D eigenvalue weighted by atomic mass is 10.0. The predicted octanol–water partition coefficient (Wildman–Crippen LogP) is -0.130. The van der Waals surface area contributed by atoms with Crippen molar-refractivity contribution in [2.75, 3.05) is 26.4 Å². The molecule has 5 N–H and O–H groups in total. The molecule has 0 aliphatic carbocycles. The highest BCUT2D eigenvalue weighted by atomic mass is 16.5. The molecule has 0 spiro atoms. The number of hydrogen-bond donors (Lipinski definition) is 5. The normalized spacial score (nSPS) is 23.6. The van der Waals surface area contributed by atoms with Crippen molar-refractivity contribution in [3.8, 4) is 5.75 Å². The zero-order valence-electron chi connectivity index (χ0n) is 22.6. The first kappa shape index (κ1) is 30.6. The van der Waals surface area contributed by atoms with Gasteiger partial charge in [0, 0.05) is 13.2 Å². The van der Waals surface area contributed by atoms with Gasteiger partial charge in [0.25, 0.3) is 5.91 Å². The van der Waals surface area contributed by atoms with Crippen molar-refractivity contribution in [1.29, 1.82) is 0 Å². The van der Waals surface area contributed by atoms with Crippen molar-refractivity contribution >= 4 is 29.5 Å². The molecule has 1 aromatic carbocycles. The molecule has 2 rings (SSSR count). The number of amides is 5. The first-order valence-corrected chi connectivity index (χ1v) is 12.8. The molecule has 1 aliphatic heterocycles. The summed E-state index contributed by atoms with van der Waals surface area (Å²) >= 11 is 0. The summed E-state index contributed by atoms with van der Waals surface area (Å²) in [7, 11) is 0. The summed E-state index contributed by atoms with van der Waals surface area (Å²) < 4.78 is 11.1. The zero-order chi connectivity index (χ0) is 28.2. The molecule has 4 atom stereocenters. The summed E-state index contributed by atoms with van der Waals surface area (Å²) in [6.07, 6.45) is -0.419. The molecule has 0 fully saturated rings. The molecule has 0 radical (unpaired) electrons. The number of benzene rings is 1. The summed E-state index contributed by atoms with van der Waals surface area (Å²) in [5.41, 5.74) is 0.160. The molecule has 12 nitrogen and oxygen atoms in total. The van der Waals surface area contributed by atoms with E-state index < -0.39 is 60.1 Å². The largest absolute Gasteiger partial charge is 0.491 e. The fourth-order valence-corrected chi connectivity index (χ4v) is 3.69. The number of ether oxygens (including phenoxy) is 2. The Morgan fingerprint density at radius 3 is 2.45 bits per heavy atom. The highest BCUT2D eigenvalue weighted by Gasteiger charge is 2.30. The average Bonchev–Trinajstić information content (AvgIpc) is 2.87. The van der Waals surface area contributed by atoms with Gasteiger partial charge in [0.05, 0.1) is 24.6 Å². The van der Waals surface area contributed by atoms with Crippen LogP contribution in [-0.2, 0) is 23.9 Å². The van der Waals surface area contributed by atoms with E-state index in [9.17, 15) is 24.0 Å². The van der Waals surface area contributed by atoms with Gasteiger partial charge < -0.3 is 36.1 Å². The van der Waals surface area contributed by atoms with Gasteiger partial charge in [-0.2, -0.15) is 0 Å². The van der Waals surface area contributed by atoms with Gasteiger partial charge in [0.15, 0.2) is 0 Å². The fourth-order valence-electron chi connectivity index (χ4n) is 3.69. The molecule has 1 heterocycles. The van der Waals surface area contributed by atoms with E-state index in [1.54, 1.807) is 39.0 Å². The SMILES string of the molecule is CCOCCNC(=O)[C@@H]1CC(=O)N[C@@H](C)C(=O)N[C@H](C(C)C)C(=O)N[C@@H](C)COc2ccccc2C(=O)N1. The molecule has 1 aromatic rings. The van der Waals surface area contributed by atoms with Crippen LogP contribution in [0, 0.1) is 5.92 Å². The van der Waals surface area contributed by atoms with Crippen LogP contribution in [0.3, 0.4) is 0 Å². The number of para-hydroxylation sites is 1. The third-order valence-electron chi connectivity index (χ3n) is 5.79. The predicted molar refractivity (Wildman–Crippen MR) is 139 cm³/mol. The quantitative estimate of drug-likeness (QED) is 0.318. The van der Waals surface area contributed by atoms with E-state index in [4.69, 9.17) is 9.47 Å². The van der Waals surface area contributed by atoms with E-state index in [0.29, 0.717) is 6.61 Å². The van der Waals surface area contributed by atoms with Gasteiger partial charge in [-0.25, -0.2) is 0 Å². The molecule has 0 saturated carbocycles. The fraction of sp³-hybridized carbons (Fsp3) is 0.577. The minimum absolute atomic E-state index is 0.0482. The van der Waals surface area contributed by atoms with Gasteiger partial charge in [-0.3, -0.25) is 24.0 Å². The zero-order valence-corrected chi connectivity index (χ0v) is 22.6. The van der Waals surface area contributed by atoms with Crippen molar-refractivity contribution in [1.82, 2.24) is 26.6 Å². The third-order valence-corrected chi connectivity index (χ3v) is 5.79. The second-order valence-corrected chi connectivity index (χ2v) is 9.45. The molecular formula is C26H39N5O7. The van der Waals surface area contributed by atoms with E-state index in [0.717, 1.165) is 0 Å². The maximum absolute atomic E-state index is 13.2. The van der Waals surface area contributed by atoms with E-state index in [1.807, 2.05) is 6.92 Å². The molecule has 1 aliphatic rings. The summed E-state index contributed by atoms with van der Waals surface area (Å²) in [6, 6.07) is 2.94. The maximum Gasteiger partial charge on any atom is 0.255 e. The van der Waals surface area contributed by atoms with E-state index in [2.05, 4.69) is 26.6 Å². The Hall–Kier alpha value is -3.67. The smallest absolute Gasteiger partial charge is 0.255 e. The van der Waals surface area contributed by atoms with E-state index in [-0.39, 0.29) is 37.0 Å². The number of hydrogen-bond acceptors (Lipinski definition) is 7. The Labute approximate surface area is 223 Å². The van der Waals surface area contributed by atoms with Gasteiger partial charge in [-0.15, -0.1) is 0 Å². The maximum atomic E-state index is 13.2. The van der Waals surface area contributed by atoms with Crippen molar-refractivity contribution < 1.29 is 33.4 Å². The molecule has 0 aromatic heterocycles. The Morgan fingerprint density at radius 1 is 1.05 bits per heavy atom. The van der Waals surface area contributed by atoms with Gasteiger partial charge in [-0.1, -0.05) is 26.0 Å². The third kappa shape index (κ3) is 9.33. The van der Waals surface area contributed by atoms with Crippen LogP contribution in [0.25, 0.3) is 0 Å².